The normalized spacial score (nSPS) is 12.6. The number of aliphatic hydroxyl groups excluding tert-OH is 1. The Kier molecular flexibility index (Phi) is 17.5. The molecular formula is C16H30O13S. The topological polar surface area (TPSA) is 184 Å². The molecule has 0 aromatic carbocycles. The highest BCUT2D eigenvalue weighted by Gasteiger charge is 2.34. The van der Waals surface area contributed by atoms with Gasteiger partial charge in [-0.05, 0) is 0 Å². The fraction of sp³-hybridized carbons (Fsp3) is 0.875. The van der Waals surface area contributed by atoms with Gasteiger partial charge in [-0.3, -0.25) is 14.1 Å². The Bertz CT molecular complexity index is 551. The lowest BCUT2D eigenvalue weighted by molar-refractivity contribution is -0.148. The molecule has 0 aliphatic carbocycles. The molecule has 0 aromatic rings. The standard InChI is InChI=1S/C16H30O13S/c17-1-2-24-3-4-25-5-6-26-7-8-27-9-10-28-11-12-29-16(20)14(13-15(18)19)30(21,22)23/h14,17H,1-13H2,(H,18,19)(H,21,22,23). The minimum Gasteiger partial charge on any atom is -0.481 e. The molecule has 30 heavy (non-hydrogen) atoms. The monoisotopic (exact) mass is 462 g/mol. The van der Waals surface area contributed by atoms with Gasteiger partial charge in [0.25, 0.3) is 10.1 Å². The van der Waals surface area contributed by atoms with Crippen molar-refractivity contribution in [3.8, 4) is 0 Å². The first-order valence-corrected chi connectivity index (χ1v) is 10.6. The average molecular weight is 462 g/mol. The first kappa shape index (κ1) is 28.6. The molecular weight excluding hydrogens is 432 g/mol. The highest BCUT2D eigenvalue weighted by Crippen LogP contribution is 2.07. The van der Waals surface area contributed by atoms with Crippen LogP contribution in [0.5, 0.6) is 0 Å². The van der Waals surface area contributed by atoms with E-state index in [1.54, 1.807) is 0 Å². The molecule has 0 aromatic heterocycles. The van der Waals surface area contributed by atoms with Gasteiger partial charge in [0.05, 0.1) is 79.1 Å². The number of aliphatic hydroxyl groups is 1. The van der Waals surface area contributed by atoms with Crippen LogP contribution in [0.1, 0.15) is 6.42 Å². The Labute approximate surface area is 174 Å². The summed E-state index contributed by atoms with van der Waals surface area (Å²) in [6, 6.07) is 0. The SMILES string of the molecule is O=C(O)CC(C(=O)OCCOCCOCCOCCOCCOCCO)S(=O)(=O)O. The van der Waals surface area contributed by atoms with E-state index in [0.717, 1.165) is 0 Å². The van der Waals surface area contributed by atoms with Crippen molar-refractivity contribution in [1.29, 1.82) is 0 Å². The average Bonchev–Trinajstić information content (AvgIpc) is 2.67. The molecule has 13 nitrogen and oxygen atoms in total. The molecule has 14 heteroatoms. The second-order valence-corrected chi connectivity index (χ2v) is 7.15. The third kappa shape index (κ3) is 17.5. The zero-order chi connectivity index (χ0) is 22.7. The number of carbonyl (C=O) groups is 2. The van der Waals surface area contributed by atoms with Crippen LogP contribution in [0.25, 0.3) is 0 Å². The Balaban J connectivity index is 3.49. The summed E-state index contributed by atoms with van der Waals surface area (Å²) >= 11 is 0. The summed E-state index contributed by atoms with van der Waals surface area (Å²) < 4.78 is 61.3. The van der Waals surface area contributed by atoms with E-state index < -0.39 is 33.7 Å². The van der Waals surface area contributed by atoms with E-state index in [-0.39, 0.29) is 39.6 Å². The number of hydrogen-bond donors (Lipinski definition) is 3. The van der Waals surface area contributed by atoms with Crippen LogP contribution in [0, 0.1) is 0 Å². The molecule has 0 saturated heterocycles. The first-order chi connectivity index (χ1) is 14.3. The molecule has 0 aliphatic rings. The highest BCUT2D eigenvalue weighted by molar-refractivity contribution is 7.87. The molecule has 1 unspecified atom stereocenters. The maximum atomic E-state index is 11.5. The van der Waals surface area contributed by atoms with Gasteiger partial charge in [0.15, 0.2) is 5.25 Å². The van der Waals surface area contributed by atoms with Crippen LogP contribution in [0.3, 0.4) is 0 Å². The van der Waals surface area contributed by atoms with Gasteiger partial charge in [-0.25, -0.2) is 0 Å². The lowest BCUT2D eigenvalue weighted by Gasteiger charge is -2.11. The van der Waals surface area contributed by atoms with Gasteiger partial charge in [-0.1, -0.05) is 0 Å². The summed E-state index contributed by atoms with van der Waals surface area (Å²) in [7, 11) is -4.88. The van der Waals surface area contributed by atoms with Crippen molar-refractivity contribution in [3.63, 3.8) is 0 Å². The van der Waals surface area contributed by atoms with E-state index in [2.05, 4.69) is 4.74 Å². The smallest absolute Gasteiger partial charge is 0.327 e. The summed E-state index contributed by atoms with van der Waals surface area (Å²) in [4.78, 5) is 22.1. The van der Waals surface area contributed by atoms with Crippen LogP contribution < -0.4 is 0 Å². The van der Waals surface area contributed by atoms with Gasteiger partial charge in [0, 0.05) is 0 Å². The quantitative estimate of drug-likeness (QED) is 0.100. The van der Waals surface area contributed by atoms with Crippen LogP contribution in [0.2, 0.25) is 0 Å². The van der Waals surface area contributed by atoms with Gasteiger partial charge < -0.3 is 38.6 Å². The summed E-state index contributed by atoms with van der Waals surface area (Å²) in [5.41, 5.74) is 0. The number of carbonyl (C=O) groups excluding carboxylic acids is 1. The van der Waals surface area contributed by atoms with E-state index in [1.807, 2.05) is 0 Å². The number of esters is 1. The first-order valence-electron chi connectivity index (χ1n) is 9.13. The van der Waals surface area contributed by atoms with Crippen LogP contribution >= 0.6 is 0 Å². The van der Waals surface area contributed by atoms with Crippen molar-refractivity contribution in [2.45, 2.75) is 11.7 Å². The van der Waals surface area contributed by atoms with Crippen molar-refractivity contribution in [3.05, 3.63) is 0 Å². The molecule has 1 atom stereocenters. The minimum atomic E-state index is -4.88. The third-order valence-electron chi connectivity index (χ3n) is 3.18. The van der Waals surface area contributed by atoms with Crippen molar-refractivity contribution >= 4 is 22.1 Å². The second-order valence-electron chi connectivity index (χ2n) is 5.55. The molecule has 0 bridgehead atoms. The summed E-state index contributed by atoms with van der Waals surface area (Å²) in [5.74, 6) is -2.93. The molecule has 0 amide bonds. The Morgan fingerprint density at radius 1 is 0.700 bits per heavy atom. The maximum absolute atomic E-state index is 11.5. The van der Waals surface area contributed by atoms with Crippen molar-refractivity contribution < 1.29 is 61.2 Å². The van der Waals surface area contributed by atoms with Gasteiger partial charge in [-0.15, -0.1) is 0 Å². The molecule has 0 heterocycles. The van der Waals surface area contributed by atoms with Crippen molar-refractivity contribution in [2.24, 2.45) is 0 Å². The lowest BCUT2D eigenvalue weighted by atomic mass is 10.3. The number of hydrogen-bond acceptors (Lipinski definition) is 11. The van der Waals surface area contributed by atoms with Gasteiger partial charge >= 0.3 is 11.9 Å². The lowest BCUT2D eigenvalue weighted by Crippen LogP contribution is -2.34. The zero-order valence-electron chi connectivity index (χ0n) is 16.6. The van der Waals surface area contributed by atoms with Crippen molar-refractivity contribution in [1.82, 2.24) is 0 Å². The fourth-order valence-electron chi connectivity index (χ4n) is 1.81. The number of aliphatic carboxylic acids is 1. The van der Waals surface area contributed by atoms with Crippen LogP contribution in [0.15, 0.2) is 0 Å². The Morgan fingerprint density at radius 3 is 1.40 bits per heavy atom. The number of rotatable bonds is 21. The fourth-order valence-corrected chi connectivity index (χ4v) is 2.47. The van der Waals surface area contributed by atoms with E-state index in [9.17, 15) is 18.0 Å². The highest BCUT2D eigenvalue weighted by atomic mass is 32.2. The molecule has 0 rings (SSSR count). The molecule has 178 valence electrons. The van der Waals surface area contributed by atoms with Gasteiger partial charge in [0.2, 0.25) is 0 Å². The number of carboxylic acids is 1. The van der Waals surface area contributed by atoms with E-state index in [4.69, 9.17) is 38.5 Å². The van der Waals surface area contributed by atoms with Crippen LogP contribution in [-0.2, 0) is 48.1 Å². The third-order valence-corrected chi connectivity index (χ3v) is 4.26. The Hall–Kier alpha value is -1.39. The maximum Gasteiger partial charge on any atom is 0.327 e. The number of ether oxygens (including phenoxy) is 6. The second kappa shape index (κ2) is 18.4. The molecule has 0 fully saturated rings. The van der Waals surface area contributed by atoms with Gasteiger partial charge in [-0.2, -0.15) is 8.42 Å². The summed E-state index contributed by atoms with van der Waals surface area (Å²) in [6.45, 7) is 2.68. The van der Waals surface area contributed by atoms with E-state index in [0.29, 0.717) is 39.6 Å². The zero-order valence-corrected chi connectivity index (χ0v) is 17.4. The molecule has 3 N–H and O–H groups in total. The van der Waals surface area contributed by atoms with Crippen molar-refractivity contribution in [2.75, 3.05) is 79.3 Å². The molecule has 0 saturated carbocycles. The van der Waals surface area contributed by atoms with Crippen LogP contribution in [-0.4, -0.2) is 120 Å². The van der Waals surface area contributed by atoms with E-state index >= 15 is 0 Å². The van der Waals surface area contributed by atoms with Gasteiger partial charge in [0.1, 0.15) is 6.61 Å². The molecule has 0 radical (unpaired) electrons. The summed E-state index contributed by atoms with van der Waals surface area (Å²) in [5, 5.41) is 14.9. The predicted octanol–water partition coefficient (Wildman–Crippen LogP) is -1.66. The molecule has 0 aliphatic heterocycles. The minimum absolute atomic E-state index is 0.0202. The molecule has 0 spiro atoms. The number of carboxylic acid groups (broad SMARTS) is 1. The summed E-state index contributed by atoms with van der Waals surface area (Å²) in [6.07, 6.45) is -1.10. The van der Waals surface area contributed by atoms with E-state index in [1.165, 1.54) is 0 Å². The van der Waals surface area contributed by atoms with Crippen LogP contribution in [0.4, 0.5) is 0 Å². The Morgan fingerprint density at radius 2 is 1.07 bits per heavy atom. The predicted molar refractivity (Wildman–Crippen MR) is 99.7 cm³/mol. The largest absolute Gasteiger partial charge is 0.481 e.